The van der Waals surface area contributed by atoms with Crippen LogP contribution in [0.2, 0.25) is 0 Å². The molecule has 2 aromatic rings. The molecule has 224 valence electrons. The Morgan fingerprint density at radius 3 is 2.40 bits per heavy atom. The summed E-state index contributed by atoms with van der Waals surface area (Å²) in [4.78, 5) is 25.8. The van der Waals surface area contributed by atoms with Gasteiger partial charge in [-0.3, -0.25) is 9.59 Å². The Morgan fingerprint density at radius 2 is 1.81 bits per heavy atom. The SMILES string of the molecule is CCC.CCCC(=O)C1=C(C)C(c2ccc(C/C=C(/OC)C(=O)C(C)/C(=C/C=N)Cc3ccccc3)c(F)c2)CC=C1. The Bertz CT molecular complexity index is 1330. The molecule has 3 rings (SSSR count). The van der Waals surface area contributed by atoms with Gasteiger partial charge in [-0.15, -0.1) is 0 Å². The maximum Gasteiger partial charge on any atom is 0.203 e. The Kier molecular flexibility index (Phi) is 14.6. The summed E-state index contributed by atoms with van der Waals surface area (Å²) in [5.41, 5.74) is 4.87. The number of halogens is 1. The summed E-state index contributed by atoms with van der Waals surface area (Å²) in [6.45, 7) is 10.00. The fourth-order valence-electron chi connectivity index (χ4n) is 4.99. The van der Waals surface area contributed by atoms with Crippen LogP contribution >= 0.6 is 0 Å². The van der Waals surface area contributed by atoms with E-state index in [4.69, 9.17) is 10.1 Å². The molecule has 4 nitrogen and oxygen atoms in total. The highest BCUT2D eigenvalue weighted by molar-refractivity contribution is 5.99. The van der Waals surface area contributed by atoms with Crippen LogP contribution in [0.15, 0.2) is 95.3 Å². The van der Waals surface area contributed by atoms with Crippen LogP contribution in [0.1, 0.15) is 82.9 Å². The Hall–Kier alpha value is -3.86. The molecule has 0 amide bonds. The zero-order chi connectivity index (χ0) is 31.1. The maximum absolute atomic E-state index is 15.2. The van der Waals surface area contributed by atoms with Gasteiger partial charge in [0.05, 0.1) is 7.11 Å². The lowest BCUT2D eigenvalue weighted by atomic mass is 9.81. The van der Waals surface area contributed by atoms with Gasteiger partial charge in [-0.2, -0.15) is 0 Å². The van der Waals surface area contributed by atoms with E-state index in [9.17, 15) is 9.59 Å². The fourth-order valence-corrected chi connectivity index (χ4v) is 4.99. The van der Waals surface area contributed by atoms with E-state index in [0.717, 1.165) is 40.7 Å². The number of Topliss-reactive ketones (excluding diaryl/α,β-unsaturated/α-hetero) is 2. The van der Waals surface area contributed by atoms with E-state index in [2.05, 4.69) is 13.8 Å². The van der Waals surface area contributed by atoms with E-state index in [1.54, 1.807) is 31.2 Å². The van der Waals surface area contributed by atoms with Gasteiger partial charge in [0.15, 0.2) is 11.5 Å². The second-order valence-electron chi connectivity index (χ2n) is 10.7. The first-order valence-corrected chi connectivity index (χ1v) is 14.9. The predicted octanol–water partition coefficient (Wildman–Crippen LogP) is 9.07. The van der Waals surface area contributed by atoms with Crippen LogP contribution in [-0.4, -0.2) is 24.9 Å². The lowest BCUT2D eigenvalue weighted by Gasteiger charge is -2.23. The van der Waals surface area contributed by atoms with Crippen molar-refractivity contribution in [2.45, 2.75) is 79.1 Å². The Morgan fingerprint density at radius 1 is 1.12 bits per heavy atom. The van der Waals surface area contributed by atoms with Crippen LogP contribution in [0.4, 0.5) is 4.39 Å². The molecule has 42 heavy (non-hydrogen) atoms. The largest absolute Gasteiger partial charge is 0.493 e. The van der Waals surface area contributed by atoms with Crippen molar-refractivity contribution in [2.75, 3.05) is 7.11 Å². The molecule has 0 heterocycles. The molecule has 0 aromatic heterocycles. The molecule has 1 aliphatic rings. The highest BCUT2D eigenvalue weighted by atomic mass is 19.1. The number of benzene rings is 2. The molecular formula is C37H46FNO3. The van der Waals surface area contributed by atoms with Crippen molar-refractivity contribution in [2.24, 2.45) is 5.92 Å². The van der Waals surface area contributed by atoms with Crippen molar-refractivity contribution >= 4 is 17.8 Å². The molecule has 1 aliphatic carbocycles. The van der Waals surface area contributed by atoms with Gasteiger partial charge in [-0.05, 0) is 67.5 Å². The lowest BCUT2D eigenvalue weighted by molar-refractivity contribution is -0.120. The number of hydrogen-bond donors (Lipinski definition) is 1. The second kappa shape index (κ2) is 17.8. The van der Waals surface area contributed by atoms with Crippen LogP contribution in [0, 0.1) is 17.1 Å². The molecular weight excluding hydrogens is 525 g/mol. The third kappa shape index (κ3) is 9.61. The summed E-state index contributed by atoms with van der Waals surface area (Å²) in [6, 6.07) is 15.0. The zero-order valence-electron chi connectivity index (χ0n) is 26.0. The second-order valence-corrected chi connectivity index (χ2v) is 10.7. The maximum atomic E-state index is 15.2. The molecule has 2 unspecified atom stereocenters. The third-order valence-electron chi connectivity index (χ3n) is 7.33. The van der Waals surface area contributed by atoms with Crippen LogP contribution < -0.4 is 0 Å². The Labute approximate surface area is 251 Å². The molecule has 0 bridgehead atoms. The average molecular weight is 572 g/mol. The predicted molar refractivity (Wildman–Crippen MR) is 171 cm³/mol. The van der Waals surface area contributed by atoms with Crippen LogP contribution in [-0.2, 0) is 27.2 Å². The number of ether oxygens (including phenoxy) is 1. The average Bonchev–Trinajstić information content (AvgIpc) is 2.98. The molecule has 1 N–H and O–H groups in total. The van der Waals surface area contributed by atoms with Crippen molar-refractivity contribution < 1.29 is 18.7 Å². The monoisotopic (exact) mass is 571 g/mol. The molecule has 0 saturated carbocycles. The van der Waals surface area contributed by atoms with E-state index >= 15 is 4.39 Å². The van der Waals surface area contributed by atoms with E-state index in [0.29, 0.717) is 18.4 Å². The standard InChI is InChI=1S/C34H38FNO3.C3H8/c1-5-10-32(37)30-14-9-13-29(24(30)3)28-16-15-26(31(35)22-28)17-18-33(39-4)34(38)23(2)27(19-20-36)21-25-11-7-6-8-12-25;1-3-2/h6-9,11-12,14-16,18-20,22-23,29,36H,5,10,13,17,21H2,1-4H3;3H2,1-2H3/b27-19+,33-18+,36-20?;. The molecule has 0 aliphatic heterocycles. The summed E-state index contributed by atoms with van der Waals surface area (Å²) < 4.78 is 20.6. The van der Waals surface area contributed by atoms with Crippen molar-refractivity contribution in [3.05, 3.63) is 118 Å². The lowest BCUT2D eigenvalue weighted by Crippen LogP contribution is -2.19. The first kappa shape index (κ1) is 34.3. The summed E-state index contributed by atoms with van der Waals surface area (Å²) in [5.74, 6) is -0.791. The van der Waals surface area contributed by atoms with Crippen molar-refractivity contribution in [1.82, 2.24) is 0 Å². The van der Waals surface area contributed by atoms with Gasteiger partial charge in [0.25, 0.3) is 0 Å². The topological polar surface area (TPSA) is 67.2 Å². The minimum absolute atomic E-state index is 0.0366. The van der Waals surface area contributed by atoms with Gasteiger partial charge < -0.3 is 10.1 Å². The van der Waals surface area contributed by atoms with E-state index in [1.165, 1.54) is 19.7 Å². The molecule has 0 radical (unpaired) electrons. The summed E-state index contributed by atoms with van der Waals surface area (Å²) >= 11 is 0. The van der Waals surface area contributed by atoms with E-state index in [-0.39, 0.29) is 35.5 Å². The summed E-state index contributed by atoms with van der Waals surface area (Å²) in [5, 5.41) is 7.53. The van der Waals surface area contributed by atoms with Gasteiger partial charge in [0, 0.05) is 30.0 Å². The van der Waals surface area contributed by atoms with Gasteiger partial charge in [-0.1, -0.05) is 99.9 Å². The van der Waals surface area contributed by atoms with Gasteiger partial charge in [0.2, 0.25) is 5.78 Å². The fraction of sp³-hybridized carbons (Fsp3) is 0.378. The number of methoxy groups -OCH3 is 1. The smallest absolute Gasteiger partial charge is 0.203 e. The minimum atomic E-state index is -0.496. The Balaban J connectivity index is 0.00000197. The van der Waals surface area contributed by atoms with Crippen LogP contribution in [0.25, 0.3) is 0 Å². The number of hydrogen-bond acceptors (Lipinski definition) is 4. The number of ketones is 2. The first-order chi connectivity index (χ1) is 20.2. The van der Waals surface area contributed by atoms with Gasteiger partial charge in [-0.25, -0.2) is 4.39 Å². The van der Waals surface area contributed by atoms with Crippen molar-refractivity contribution in [3.8, 4) is 0 Å². The van der Waals surface area contributed by atoms with Gasteiger partial charge in [0.1, 0.15) is 5.82 Å². The summed E-state index contributed by atoms with van der Waals surface area (Å²) in [6.07, 6.45) is 12.4. The number of allylic oxidation sites excluding steroid dienone is 8. The molecule has 2 atom stereocenters. The van der Waals surface area contributed by atoms with E-state index < -0.39 is 5.92 Å². The highest BCUT2D eigenvalue weighted by Gasteiger charge is 2.24. The van der Waals surface area contributed by atoms with Gasteiger partial charge >= 0.3 is 0 Å². The minimum Gasteiger partial charge on any atom is -0.493 e. The molecule has 0 spiro atoms. The zero-order valence-corrected chi connectivity index (χ0v) is 26.0. The highest BCUT2D eigenvalue weighted by Crippen LogP contribution is 2.35. The van der Waals surface area contributed by atoms with Crippen LogP contribution in [0.5, 0.6) is 0 Å². The number of carbonyl (C=O) groups excluding carboxylic acids is 2. The molecule has 0 saturated heterocycles. The molecule has 2 aromatic carbocycles. The quantitative estimate of drug-likeness (QED) is 0.148. The summed E-state index contributed by atoms with van der Waals surface area (Å²) in [7, 11) is 1.44. The number of rotatable bonds is 13. The van der Waals surface area contributed by atoms with E-state index in [1.807, 2.05) is 62.4 Å². The van der Waals surface area contributed by atoms with Crippen molar-refractivity contribution in [1.29, 1.82) is 5.41 Å². The van der Waals surface area contributed by atoms with Crippen LogP contribution in [0.3, 0.4) is 0 Å². The normalized spacial score (nSPS) is 15.9. The third-order valence-corrected chi connectivity index (χ3v) is 7.33. The molecule has 5 heteroatoms. The number of carbonyl (C=O) groups is 2. The first-order valence-electron chi connectivity index (χ1n) is 14.9. The molecule has 0 fully saturated rings. The number of nitrogens with one attached hydrogen (secondary N) is 1. The van der Waals surface area contributed by atoms with Crippen molar-refractivity contribution in [3.63, 3.8) is 0 Å².